The number of hydrogen-bond donors (Lipinski definition) is 1. The van der Waals surface area contributed by atoms with E-state index in [1.165, 1.54) is 36.8 Å². The van der Waals surface area contributed by atoms with Gasteiger partial charge in [0.1, 0.15) is 0 Å². The summed E-state index contributed by atoms with van der Waals surface area (Å²) in [5.74, 6) is 0.891. The molecule has 1 saturated carbocycles. The molecule has 1 unspecified atom stereocenters. The Hall–Kier alpha value is -0.820. The minimum absolute atomic E-state index is 0.463. The van der Waals surface area contributed by atoms with E-state index < -0.39 is 0 Å². The third-order valence-electron chi connectivity index (χ3n) is 4.16. The van der Waals surface area contributed by atoms with E-state index in [0.29, 0.717) is 12.1 Å². The van der Waals surface area contributed by atoms with Gasteiger partial charge in [-0.05, 0) is 45.1 Å². The molecule has 94 valence electrons. The maximum Gasteiger partial charge on any atom is 0.0294 e. The van der Waals surface area contributed by atoms with E-state index in [1.807, 2.05) is 0 Å². The molecule has 1 aromatic rings. The van der Waals surface area contributed by atoms with Crippen molar-refractivity contribution in [3.8, 4) is 0 Å². The first kappa shape index (κ1) is 12.6. The van der Waals surface area contributed by atoms with Crippen LogP contribution >= 0.6 is 0 Å². The lowest BCUT2D eigenvalue weighted by Crippen LogP contribution is -2.34. The molecule has 1 aliphatic rings. The van der Waals surface area contributed by atoms with Crippen molar-refractivity contribution in [2.75, 3.05) is 0 Å². The molecule has 1 aromatic carbocycles. The first-order valence-corrected chi connectivity index (χ1v) is 6.99. The highest BCUT2D eigenvalue weighted by molar-refractivity contribution is 5.24. The van der Waals surface area contributed by atoms with E-state index >= 15 is 0 Å². The molecule has 17 heavy (non-hydrogen) atoms. The van der Waals surface area contributed by atoms with Gasteiger partial charge in [0.25, 0.3) is 0 Å². The molecule has 1 fully saturated rings. The Morgan fingerprint density at radius 2 is 1.88 bits per heavy atom. The van der Waals surface area contributed by atoms with Gasteiger partial charge in [0.15, 0.2) is 0 Å². The summed E-state index contributed by atoms with van der Waals surface area (Å²) in [7, 11) is 0. The summed E-state index contributed by atoms with van der Waals surface area (Å²) in [6, 6.07) is 9.95. The second-order valence-electron chi connectivity index (χ2n) is 5.64. The summed E-state index contributed by atoms with van der Waals surface area (Å²) in [6.07, 6.45) is 5.68. The molecule has 0 aromatic heterocycles. The van der Waals surface area contributed by atoms with Gasteiger partial charge in [-0.2, -0.15) is 0 Å². The molecule has 0 radical (unpaired) electrons. The monoisotopic (exact) mass is 231 g/mol. The Morgan fingerprint density at radius 3 is 2.53 bits per heavy atom. The zero-order valence-corrected chi connectivity index (χ0v) is 11.4. The van der Waals surface area contributed by atoms with Gasteiger partial charge in [0, 0.05) is 12.1 Å². The second kappa shape index (κ2) is 5.68. The SMILES string of the molecule is Cc1cccc(C(C)N[C@@H](C)C2CCCC2)c1. The van der Waals surface area contributed by atoms with Crippen molar-refractivity contribution in [1.29, 1.82) is 0 Å². The first-order chi connectivity index (χ1) is 8.16. The van der Waals surface area contributed by atoms with Gasteiger partial charge in [-0.15, -0.1) is 0 Å². The van der Waals surface area contributed by atoms with Gasteiger partial charge in [-0.1, -0.05) is 42.7 Å². The first-order valence-electron chi connectivity index (χ1n) is 6.99. The molecule has 2 atom stereocenters. The summed E-state index contributed by atoms with van der Waals surface area (Å²) in [5, 5.41) is 3.77. The highest BCUT2D eigenvalue weighted by Gasteiger charge is 2.22. The van der Waals surface area contributed by atoms with Crippen molar-refractivity contribution in [3.63, 3.8) is 0 Å². The van der Waals surface area contributed by atoms with Crippen LogP contribution in [-0.2, 0) is 0 Å². The number of aryl methyl sites for hydroxylation is 1. The summed E-state index contributed by atoms with van der Waals surface area (Å²) in [5.41, 5.74) is 2.76. The largest absolute Gasteiger partial charge is 0.307 e. The van der Waals surface area contributed by atoms with Crippen LogP contribution in [0.1, 0.15) is 56.7 Å². The summed E-state index contributed by atoms with van der Waals surface area (Å²) in [4.78, 5) is 0. The lowest BCUT2D eigenvalue weighted by Gasteiger charge is -2.25. The van der Waals surface area contributed by atoms with Gasteiger partial charge in [0.05, 0.1) is 0 Å². The molecule has 0 bridgehead atoms. The molecule has 1 aliphatic carbocycles. The van der Waals surface area contributed by atoms with Crippen LogP contribution in [0.3, 0.4) is 0 Å². The predicted octanol–water partition coefficient (Wildman–Crippen LogP) is 4.22. The van der Waals surface area contributed by atoms with Gasteiger partial charge in [0.2, 0.25) is 0 Å². The topological polar surface area (TPSA) is 12.0 Å². The van der Waals surface area contributed by atoms with Crippen LogP contribution in [0.25, 0.3) is 0 Å². The molecule has 1 heteroatoms. The standard InChI is InChI=1S/C16H25N/c1-12-7-6-10-16(11-12)14(3)17-13(2)15-8-4-5-9-15/h6-7,10-11,13-15,17H,4-5,8-9H2,1-3H3/t13-,14?/m0/s1. The number of benzene rings is 1. The van der Waals surface area contributed by atoms with Crippen molar-refractivity contribution in [2.24, 2.45) is 5.92 Å². The van der Waals surface area contributed by atoms with Crippen molar-refractivity contribution in [1.82, 2.24) is 5.32 Å². The Morgan fingerprint density at radius 1 is 1.18 bits per heavy atom. The summed E-state index contributed by atoms with van der Waals surface area (Å²) < 4.78 is 0. The second-order valence-corrected chi connectivity index (χ2v) is 5.64. The van der Waals surface area contributed by atoms with Crippen LogP contribution in [0.5, 0.6) is 0 Å². The molecule has 2 rings (SSSR count). The lowest BCUT2D eigenvalue weighted by atomic mass is 9.97. The molecule has 0 heterocycles. The highest BCUT2D eigenvalue weighted by atomic mass is 14.9. The van der Waals surface area contributed by atoms with Crippen LogP contribution in [-0.4, -0.2) is 6.04 Å². The molecule has 1 N–H and O–H groups in total. The maximum atomic E-state index is 3.77. The van der Waals surface area contributed by atoms with E-state index in [9.17, 15) is 0 Å². The Labute approximate surface area is 106 Å². The van der Waals surface area contributed by atoms with E-state index in [4.69, 9.17) is 0 Å². The fraction of sp³-hybridized carbons (Fsp3) is 0.625. The summed E-state index contributed by atoms with van der Waals surface area (Å²) >= 11 is 0. The van der Waals surface area contributed by atoms with Crippen LogP contribution < -0.4 is 5.32 Å². The average Bonchev–Trinajstić information content (AvgIpc) is 2.82. The minimum atomic E-state index is 0.463. The molecule has 0 spiro atoms. The third kappa shape index (κ3) is 3.32. The molecule has 0 aliphatic heterocycles. The number of nitrogens with one attached hydrogen (secondary N) is 1. The Kier molecular flexibility index (Phi) is 4.22. The van der Waals surface area contributed by atoms with E-state index in [2.05, 4.69) is 50.4 Å². The Bertz CT molecular complexity index is 352. The Balaban J connectivity index is 1.93. The fourth-order valence-electron chi connectivity index (χ4n) is 3.02. The smallest absolute Gasteiger partial charge is 0.0294 e. The quantitative estimate of drug-likeness (QED) is 0.818. The van der Waals surface area contributed by atoms with Gasteiger partial charge < -0.3 is 5.32 Å². The minimum Gasteiger partial charge on any atom is -0.307 e. The van der Waals surface area contributed by atoms with Crippen molar-refractivity contribution in [2.45, 2.75) is 58.5 Å². The van der Waals surface area contributed by atoms with Crippen LogP contribution in [0.2, 0.25) is 0 Å². The molecule has 1 nitrogen and oxygen atoms in total. The van der Waals surface area contributed by atoms with Gasteiger partial charge in [-0.3, -0.25) is 0 Å². The molecular weight excluding hydrogens is 206 g/mol. The molecule has 0 saturated heterocycles. The summed E-state index contributed by atoms with van der Waals surface area (Å²) in [6.45, 7) is 6.79. The van der Waals surface area contributed by atoms with Crippen LogP contribution in [0.15, 0.2) is 24.3 Å². The highest BCUT2D eigenvalue weighted by Crippen LogP contribution is 2.28. The van der Waals surface area contributed by atoms with E-state index in [1.54, 1.807) is 0 Å². The normalized spacial score (nSPS) is 20.4. The molecule has 0 amide bonds. The van der Waals surface area contributed by atoms with Crippen LogP contribution in [0, 0.1) is 12.8 Å². The third-order valence-corrected chi connectivity index (χ3v) is 4.16. The predicted molar refractivity (Wildman–Crippen MR) is 74.1 cm³/mol. The number of rotatable bonds is 4. The zero-order chi connectivity index (χ0) is 12.3. The fourth-order valence-corrected chi connectivity index (χ4v) is 3.02. The van der Waals surface area contributed by atoms with Crippen molar-refractivity contribution in [3.05, 3.63) is 35.4 Å². The number of hydrogen-bond acceptors (Lipinski definition) is 1. The van der Waals surface area contributed by atoms with Gasteiger partial charge >= 0.3 is 0 Å². The maximum absolute atomic E-state index is 3.77. The zero-order valence-electron chi connectivity index (χ0n) is 11.4. The lowest BCUT2D eigenvalue weighted by molar-refractivity contribution is 0.352. The van der Waals surface area contributed by atoms with Crippen LogP contribution in [0.4, 0.5) is 0 Å². The van der Waals surface area contributed by atoms with E-state index in [-0.39, 0.29) is 0 Å². The average molecular weight is 231 g/mol. The van der Waals surface area contributed by atoms with Crippen molar-refractivity contribution < 1.29 is 0 Å². The molecular formula is C16H25N. The van der Waals surface area contributed by atoms with Crippen molar-refractivity contribution >= 4 is 0 Å². The van der Waals surface area contributed by atoms with E-state index in [0.717, 1.165) is 5.92 Å². The van der Waals surface area contributed by atoms with Gasteiger partial charge in [-0.25, -0.2) is 0 Å².